The van der Waals surface area contributed by atoms with Crippen LogP contribution in [0.5, 0.6) is 0 Å². The molecule has 4 aliphatic rings. The fourth-order valence-electron chi connectivity index (χ4n) is 16.9. The van der Waals surface area contributed by atoms with Gasteiger partial charge in [-0.1, -0.05) is 243 Å². The molecule has 14 aromatic carbocycles. The minimum Gasteiger partial charge on any atom is -0.454 e. The third-order valence-corrected chi connectivity index (χ3v) is 20.6. The Balaban J connectivity index is 0.881. The number of fused-ring (bicyclic) bond motifs is 24. The Morgan fingerprint density at radius 3 is 0.989 bits per heavy atom. The Bertz CT molecular complexity index is 5480. The molecule has 2 heterocycles. The van der Waals surface area contributed by atoms with Gasteiger partial charge in [-0.15, -0.1) is 0 Å². The highest BCUT2D eigenvalue weighted by atomic mass is 19.1. The Morgan fingerprint density at radius 2 is 0.596 bits per heavy atom. The van der Waals surface area contributed by atoms with Crippen molar-refractivity contribution in [2.24, 2.45) is 0 Å². The average Bonchev–Trinajstić information content (AvgIpc) is 1.46. The van der Waals surface area contributed by atoms with Crippen LogP contribution in [0.15, 0.2) is 324 Å². The lowest BCUT2D eigenvalue weighted by Crippen LogP contribution is -2.29. The highest BCUT2D eigenvalue weighted by Gasteiger charge is 2.64. The van der Waals surface area contributed by atoms with E-state index in [2.05, 4.69) is 168 Å². The molecule has 0 radical (unpaired) electrons. The van der Waals surface area contributed by atoms with Gasteiger partial charge in [-0.3, -0.25) is 0 Å². The predicted octanol–water partition coefficient (Wildman–Crippen LogP) is 23.6. The molecule has 0 unspecified atom stereocenters. The monoisotopic (exact) mass is 1210 g/mol. The smallest absolute Gasteiger partial charge is 0.159 e. The average molecular weight is 1210 g/mol. The Labute approximate surface area is 540 Å². The van der Waals surface area contributed by atoms with Gasteiger partial charge in [-0.2, -0.15) is 0 Å². The van der Waals surface area contributed by atoms with Crippen LogP contribution in [-0.4, -0.2) is 0 Å². The molecular formula is C88H52F2N2O2. The second-order valence-electron chi connectivity index (χ2n) is 25.1. The minimum atomic E-state index is -0.925. The number of hydrogen-bond donors (Lipinski definition) is 0. The quantitative estimate of drug-likeness (QED) is 0.152. The van der Waals surface area contributed by atoms with E-state index in [9.17, 15) is 0 Å². The van der Waals surface area contributed by atoms with Crippen molar-refractivity contribution >= 4 is 89.1 Å². The zero-order valence-electron chi connectivity index (χ0n) is 50.5. The van der Waals surface area contributed by atoms with Gasteiger partial charge < -0.3 is 18.6 Å². The number of nitrogens with zero attached hydrogens (tertiary/aromatic N) is 2. The van der Waals surface area contributed by atoms with Crippen LogP contribution < -0.4 is 9.80 Å². The van der Waals surface area contributed by atoms with Crippen LogP contribution in [0.1, 0.15) is 44.5 Å². The van der Waals surface area contributed by atoms with E-state index >= 15 is 8.78 Å². The molecule has 6 heteroatoms. The van der Waals surface area contributed by atoms with Crippen LogP contribution in [-0.2, 0) is 10.8 Å². The molecule has 0 aliphatic heterocycles. The maximum atomic E-state index is 18.0. The van der Waals surface area contributed by atoms with Crippen LogP contribution in [0, 0.1) is 11.6 Å². The summed E-state index contributed by atoms with van der Waals surface area (Å²) in [6, 6.07) is 109. The first-order valence-corrected chi connectivity index (χ1v) is 32.0. The van der Waals surface area contributed by atoms with Crippen molar-refractivity contribution in [3.8, 4) is 44.5 Å². The van der Waals surface area contributed by atoms with Gasteiger partial charge >= 0.3 is 0 Å². The molecule has 4 aliphatic carbocycles. The number of rotatable bonds is 8. The van der Waals surface area contributed by atoms with Gasteiger partial charge in [0.1, 0.15) is 22.8 Å². The molecule has 0 amide bonds. The van der Waals surface area contributed by atoms with Crippen molar-refractivity contribution in [1.82, 2.24) is 0 Å². The summed E-state index contributed by atoms with van der Waals surface area (Å²) in [7, 11) is 0. The van der Waals surface area contributed by atoms with Gasteiger partial charge in [-0.05, 0) is 173 Å². The molecule has 2 aromatic heterocycles. The van der Waals surface area contributed by atoms with Crippen LogP contribution in [0.3, 0.4) is 0 Å². The molecule has 0 saturated carbocycles. The van der Waals surface area contributed by atoms with Gasteiger partial charge in [0.25, 0.3) is 0 Å². The van der Waals surface area contributed by atoms with E-state index in [0.29, 0.717) is 33.9 Å². The van der Waals surface area contributed by atoms with E-state index in [0.717, 1.165) is 133 Å². The number of hydrogen-bond acceptors (Lipinski definition) is 4. The normalized spacial score (nSPS) is 14.0. The highest BCUT2D eigenvalue weighted by Crippen LogP contribution is 2.75. The fraction of sp³-hybridized carbons (Fsp3) is 0.0227. The van der Waals surface area contributed by atoms with E-state index in [1.165, 1.54) is 11.1 Å². The molecule has 0 fully saturated rings. The summed E-state index contributed by atoms with van der Waals surface area (Å²) in [6.45, 7) is 0. The first-order chi connectivity index (χ1) is 46.5. The second kappa shape index (κ2) is 19.7. The Kier molecular flexibility index (Phi) is 11.0. The van der Waals surface area contributed by atoms with E-state index in [1.807, 2.05) is 146 Å². The number of para-hydroxylation sites is 4. The Hall–Kier alpha value is -12.1. The molecule has 94 heavy (non-hydrogen) atoms. The number of halogens is 2. The maximum Gasteiger partial charge on any atom is 0.159 e. The largest absolute Gasteiger partial charge is 0.454 e. The van der Waals surface area contributed by atoms with Gasteiger partial charge in [0.2, 0.25) is 0 Å². The van der Waals surface area contributed by atoms with Crippen LogP contribution in [0.4, 0.5) is 42.9 Å². The third kappa shape index (κ3) is 7.03. The zero-order valence-corrected chi connectivity index (χ0v) is 50.5. The topological polar surface area (TPSA) is 32.8 Å². The number of furan rings is 2. The molecule has 16 aromatic rings. The molecule has 20 rings (SSSR count). The van der Waals surface area contributed by atoms with Gasteiger partial charge in [0.05, 0.1) is 33.6 Å². The molecule has 440 valence electrons. The molecule has 2 spiro atoms. The van der Waals surface area contributed by atoms with Crippen LogP contribution in [0.2, 0.25) is 0 Å². The third-order valence-electron chi connectivity index (χ3n) is 20.6. The second-order valence-corrected chi connectivity index (χ2v) is 25.1. The van der Waals surface area contributed by atoms with Gasteiger partial charge in [0, 0.05) is 32.9 Å². The summed E-state index contributed by atoms with van der Waals surface area (Å²) in [5.74, 6) is -0.746. The van der Waals surface area contributed by atoms with E-state index in [4.69, 9.17) is 8.83 Å². The SMILES string of the molecule is Fc1cc(-c2ccccc2)ccc1N(c1ccc2c(c1)C1(C3=C2C2(c4cc(N(c5ccc(-c6ccccc6)cc5F)c5cccc6c5oc5ccccc56)ccc43)c3ccccc3-c3ccccc32)c2ccccc2-c2ccccc21)c1cccc2c1oc1ccccc12. The molecule has 0 N–H and O–H groups in total. The molecule has 0 bridgehead atoms. The lowest BCUT2D eigenvalue weighted by Gasteiger charge is -2.36. The molecule has 0 saturated heterocycles. The number of benzene rings is 14. The summed E-state index contributed by atoms with van der Waals surface area (Å²) in [5.41, 5.74) is 24.1. The van der Waals surface area contributed by atoms with E-state index < -0.39 is 10.8 Å². The number of allylic oxidation sites excluding steroid dienone is 2. The van der Waals surface area contributed by atoms with Crippen molar-refractivity contribution in [2.45, 2.75) is 10.8 Å². The predicted molar refractivity (Wildman–Crippen MR) is 378 cm³/mol. The van der Waals surface area contributed by atoms with E-state index in [-0.39, 0.29) is 11.6 Å². The first kappa shape index (κ1) is 52.6. The lowest BCUT2D eigenvalue weighted by atomic mass is 9.66. The van der Waals surface area contributed by atoms with Crippen molar-refractivity contribution < 1.29 is 17.6 Å². The Morgan fingerprint density at radius 1 is 0.245 bits per heavy atom. The minimum absolute atomic E-state index is 0.373. The fourth-order valence-corrected chi connectivity index (χ4v) is 16.9. The van der Waals surface area contributed by atoms with Crippen molar-refractivity contribution in [1.29, 1.82) is 0 Å². The van der Waals surface area contributed by atoms with Crippen LogP contribution >= 0.6 is 0 Å². The van der Waals surface area contributed by atoms with Crippen molar-refractivity contribution in [3.63, 3.8) is 0 Å². The zero-order chi connectivity index (χ0) is 62.0. The summed E-state index contributed by atoms with van der Waals surface area (Å²) < 4.78 is 49.8. The number of anilines is 6. The summed E-state index contributed by atoms with van der Waals surface area (Å²) in [6.07, 6.45) is 0. The first-order valence-electron chi connectivity index (χ1n) is 32.0. The van der Waals surface area contributed by atoms with Gasteiger partial charge in [0.15, 0.2) is 11.2 Å². The lowest BCUT2D eigenvalue weighted by molar-refractivity contribution is 0.628. The van der Waals surface area contributed by atoms with Gasteiger partial charge in [-0.25, -0.2) is 8.78 Å². The van der Waals surface area contributed by atoms with E-state index in [1.54, 1.807) is 12.1 Å². The van der Waals surface area contributed by atoms with Crippen molar-refractivity contribution in [2.75, 3.05) is 9.80 Å². The molecular weight excluding hydrogens is 1150 g/mol. The highest BCUT2D eigenvalue weighted by molar-refractivity contribution is 6.21. The molecule has 4 nitrogen and oxygen atoms in total. The maximum absolute atomic E-state index is 18.0. The van der Waals surface area contributed by atoms with Crippen molar-refractivity contribution in [3.05, 3.63) is 372 Å². The van der Waals surface area contributed by atoms with Crippen LogP contribution in [0.25, 0.3) is 99.5 Å². The standard InChI is InChI=1S/C88H52F2N2O2/c89-75-49-55(53-21-3-1-4-22-53)41-47-77(75)91(79-37-19-31-65-63-29-11-17-39-81(63)93-85(65)79)57-43-45-67-73(51-57)87(69-33-13-7-25-59(69)60-26-8-14-34-70(60)87)84-68-46-44-58(52-74(68)88(83(67)84)71-35-15-9-27-61(71)62-28-10-16-36-72(62)88)92(78-48-42-56(50-76(78)90)54-23-5-2-6-24-54)80-38-20-32-66-64-30-12-18-40-82(64)94-86(66)80/h1-52H. The molecule has 0 atom stereocenters. The summed E-state index contributed by atoms with van der Waals surface area (Å²) >= 11 is 0. The summed E-state index contributed by atoms with van der Waals surface area (Å²) in [5, 5.41) is 3.84. The summed E-state index contributed by atoms with van der Waals surface area (Å²) in [4.78, 5) is 4.13.